The third kappa shape index (κ3) is 2.21. The van der Waals surface area contributed by atoms with Crippen LogP contribution in [0.15, 0.2) is 22.8 Å². The maximum Gasteiger partial charge on any atom is 0.309 e. The van der Waals surface area contributed by atoms with Crippen molar-refractivity contribution < 1.29 is 19.1 Å². The van der Waals surface area contributed by atoms with Gasteiger partial charge < -0.3 is 14.8 Å². The number of carboxylic acids is 1. The summed E-state index contributed by atoms with van der Waals surface area (Å²) in [7, 11) is 0. The quantitative estimate of drug-likeness (QED) is 0.887. The lowest BCUT2D eigenvalue weighted by Gasteiger charge is -2.37. The molecule has 0 spiro atoms. The Morgan fingerprint density at radius 3 is 2.65 bits per heavy atom. The molecule has 110 valence electrons. The highest BCUT2D eigenvalue weighted by molar-refractivity contribution is 5.83. The van der Waals surface area contributed by atoms with Gasteiger partial charge in [0.15, 0.2) is 0 Å². The zero-order valence-corrected chi connectivity index (χ0v) is 12.1. The highest BCUT2D eigenvalue weighted by Gasteiger charge is 2.58. The molecule has 2 N–H and O–H groups in total. The van der Waals surface area contributed by atoms with Gasteiger partial charge in [-0.25, -0.2) is 0 Å². The van der Waals surface area contributed by atoms with Gasteiger partial charge in [-0.1, -0.05) is 13.8 Å². The number of carbonyl (C=O) groups excluding carboxylic acids is 1. The van der Waals surface area contributed by atoms with Gasteiger partial charge in [-0.3, -0.25) is 9.59 Å². The molecule has 1 saturated carbocycles. The van der Waals surface area contributed by atoms with Crippen LogP contribution in [0.2, 0.25) is 0 Å². The van der Waals surface area contributed by atoms with Crippen LogP contribution < -0.4 is 5.32 Å². The Labute approximate surface area is 118 Å². The van der Waals surface area contributed by atoms with Gasteiger partial charge in [0.05, 0.1) is 18.2 Å². The van der Waals surface area contributed by atoms with Crippen molar-refractivity contribution >= 4 is 11.9 Å². The van der Waals surface area contributed by atoms with Crippen LogP contribution in [0.4, 0.5) is 0 Å². The Balaban J connectivity index is 2.06. The lowest BCUT2D eigenvalue weighted by Crippen LogP contribution is -2.45. The molecule has 1 aliphatic rings. The monoisotopic (exact) mass is 279 g/mol. The van der Waals surface area contributed by atoms with Crippen LogP contribution in [0.1, 0.15) is 39.4 Å². The summed E-state index contributed by atoms with van der Waals surface area (Å²) in [5.41, 5.74) is -1.44. The number of hydrogen-bond acceptors (Lipinski definition) is 3. The summed E-state index contributed by atoms with van der Waals surface area (Å²) in [4.78, 5) is 23.8. The molecule has 1 fully saturated rings. The van der Waals surface area contributed by atoms with E-state index in [1.807, 2.05) is 13.8 Å². The molecule has 2 atom stereocenters. The molecule has 1 aromatic rings. The molecule has 0 bridgehead atoms. The van der Waals surface area contributed by atoms with Crippen LogP contribution in [0, 0.1) is 16.7 Å². The van der Waals surface area contributed by atoms with Gasteiger partial charge in [-0.15, -0.1) is 0 Å². The Kier molecular flexibility index (Phi) is 3.63. The van der Waals surface area contributed by atoms with E-state index >= 15 is 0 Å². The molecule has 1 amide bonds. The lowest BCUT2D eigenvalue weighted by molar-refractivity contribution is -0.155. The number of carboxylic acid groups (broad SMARTS) is 1. The van der Waals surface area contributed by atoms with E-state index in [-0.39, 0.29) is 11.8 Å². The molecule has 1 aromatic heterocycles. The molecule has 1 aliphatic carbocycles. The Morgan fingerprint density at radius 1 is 1.45 bits per heavy atom. The first-order valence-electron chi connectivity index (χ1n) is 6.82. The number of amides is 1. The highest BCUT2D eigenvalue weighted by atomic mass is 16.4. The van der Waals surface area contributed by atoms with Crippen molar-refractivity contribution in [3.05, 3.63) is 24.2 Å². The zero-order chi connectivity index (χ0) is 15.0. The van der Waals surface area contributed by atoms with Crippen LogP contribution in [0.25, 0.3) is 0 Å². The number of furan rings is 1. The van der Waals surface area contributed by atoms with Gasteiger partial charge in [0.25, 0.3) is 0 Å². The van der Waals surface area contributed by atoms with E-state index in [0.29, 0.717) is 25.1 Å². The van der Waals surface area contributed by atoms with Crippen molar-refractivity contribution in [2.45, 2.75) is 40.2 Å². The number of nitrogens with one attached hydrogen (secondary N) is 1. The van der Waals surface area contributed by atoms with Crippen molar-refractivity contribution in [3.63, 3.8) is 0 Å². The summed E-state index contributed by atoms with van der Waals surface area (Å²) < 4.78 is 5.17. The van der Waals surface area contributed by atoms with Crippen molar-refractivity contribution in [1.82, 2.24) is 5.32 Å². The van der Waals surface area contributed by atoms with Crippen molar-refractivity contribution in [1.29, 1.82) is 0 Å². The van der Waals surface area contributed by atoms with Gasteiger partial charge in [0.2, 0.25) is 5.91 Å². The Hall–Kier alpha value is -1.78. The molecule has 2 rings (SSSR count). The van der Waals surface area contributed by atoms with Crippen LogP contribution in [-0.2, 0) is 16.1 Å². The van der Waals surface area contributed by atoms with Gasteiger partial charge in [-0.05, 0) is 37.3 Å². The van der Waals surface area contributed by atoms with Gasteiger partial charge >= 0.3 is 5.97 Å². The van der Waals surface area contributed by atoms with E-state index in [1.54, 1.807) is 25.3 Å². The largest absolute Gasteiger partial charge is 0.481 e. The zero-order valence-electron chi connectivity index (χ0n) is 12.1. The maximum absolute atomic E-state index is 12.3. The molecule has 20 heavy (non-hydrogen) atoms. The molecule has 0 saturated heterocycles. The molecular weight excluding hydrogens is 258 g/mol. The van der Waals surface area contributed by atoms with E-state index in [1.165, 1.54) is 0 Å². The summed E-state index contributed by atoms with van der Waals surface area (Å²) in [6.07, 6.45) is 2.68. The summed E-state index contributed by atoms with van der Waals surface area (Å²) in [5.74, 6) is -0.533. The minimum atomic E-state index is -0.861. The molecule has 1 heterocycles. The molecule has 0 radical (unpaired) electrons. The topological polar surface area (TPSA) is 79.5 Å². The van der Waals surface area contributed by atoms with Crippen LogP contribution in [-0.4, -0.2) is 17.0 Å². The van der Waals surface area contributed by atoms with E-state index < -0.39 is 16.8 Å². The van der Waals surface area contributed by atoms with Gasteiger partial charge in [0, 0.05) is 5.92 Å². The summed E-state index contributed by atoms with van der Waals surface area (Å²) >= 11 is 0. The second-order valence-electron chi connectivity index (χ2n) is 6.25. The smallest absolute Gasteiger partial charge is 0.309 e. The SMILES string of the molecule is CC1(C)[C@@H](C(=O)NCc2ccco2)CC[C@]1(C)C(=O)O. The fourth-order valence-corrected chi connectivity index (χ4v) is 3.05. The fraction of sp³-hybridized carbons (Fsp3) is 0.600. The normalized spacial score (nSPS) is 28.2. The Bertz CT molecular complexity index is 506. The summed E-state index contributed by atoms with van der Waals surface area (Å²) in [6, 6.07) is 3.56. The van der Waals surface area contributed by atoms with Crippen molar-refractivity contribution in [2.75, 3.05) is 0 Å². The molecule has 0 unspecified atom stereocenters. The van der Waals surface area contributed by atoms with E-state index in [0.717, 1.165) is 0 Å². The second-order valence-corrected chi connectivity index (χ2v) is 6.25. The molecule has 5 heteroatoms. The predicted octanol–water partition coefficient (Wildman–Crippen LogP) is 2.42. The number of carbonyl (C=O) groups is 2. The summed E-state index contributed by atoms with van der Waals surface area (Å²) in [6.45, 7) is 5.80. The van der Waals surface area contributed by atoms with Crippen LogP contribution >= 0.6 is 0 Å². The first-order chi connectivity index (χ1) is 9.29. The minimum absolute atomic E-state index is 0.101. The molecule has 0 aliphatic heterocycles. The van der Waals surface area contributed by atoms with E-state index in [4.69, 9.17) is 4.42 Å². The van der Waals surface area contributed by atoms with Crippen molar-refractivity contribution in [2.24, 2.45) is 16.7 Å². The third-order valence-electron chi connectivity index (χ3n) is 5.03. The van der Waals surface area contributed by atoms with E-state index in [2.05, 4.69) is 5.32 Å². The van der Waals surface area contributed by atoms with Crippen molar-refractivity contribution in [3.8, 4) is 0 Å². The first kappa shape index (κ1) is 14.6. The predicted molar refractivity (Wildman–Crippen MR) is 72.8 cm³/mol. The number of hydrogen-bond donors (Lipinski definition) is 2. The van der Waals surface area contributed by atoms with Gasteiger partial charge in [-0.2, -0.15) is 0 Å². The molecule has 0 aromatic carbocycles. The standard InChI is InChI=1S/C15H21NO4/c1-14(2)11(6-7-15(14,3)13(18)19)12(17)16-9-10-5-4-8-20-10/h4-5,8,11H,6-7,9H2,1-3H3,(H,16,17)(H,18,19)/t11-,15-/m1/s1. The van der Waals surface area contributed by atoms with Crippen LogP contribution in [0.5, 0.6) is 0 Å². The second kappa shape index (κ2) is 4.96. The average Bonchev–Trinajstić information content (AvgIpc) is 2.95. The minimum Gasteiger partial charge on any atom is -0.481 e. The highest BCUT2D eigenvalue weighted by Crippen LogP contribution is 2.56. The summed E-state index contributed by atoms with van der Waals surface area (Å²) in [5, 5.41) is 12.3. The Morgan fingerprint density at radius 2 is 2.15 bits per heavy atom. The molecule has 5 nitrogen and oxygen atoms in total. The van der Waals surface area contributed by atoms with Crippen LogP contribution in [0.3, 0.4) is 0 Å². The molecular formula is C15H21NO4. The van der Waals surface area contributed by atoms with Gasteiger partial charge in [0.1, 0.15) is 5.76 Å². The fourth-order valence-electron chi connectivity index (χ4n) is 3.05. The number of rotatable bonds is 4. The average molecular weight is 279 g/mol. The lowest BCUT2D eigenvalue weighted by atomic mass is 9.65. The number of aliphatic carboxylic acids is 1. The maximum atomic E-state index is 12.3. The first-order valence-corrected chi connectivity index (χ1v) is 6.82. The third-order valence-corrected chi connectivity index (χ3v) is 5.03. The van der Waals surface area contributed by atoms with E-state index in [9.17, 15) is 14.7 Å².